The number of H-pyrrole nitrogens is 1. The van der Waals surface area contributed by atoms with Crippen LogP contribution < -0.4 is 5.32 Å². The zero-order valence-corrected chi connectivity index (χ0v) is 14.2. The minimum absolute atomic E-state index is 0.0503. The van der Waals surface area contributed by atoms with Crippen molar-refractivity contribution in [2.24, 2.45) is 0 Å². The Morgan fingerprint density at radius 2 is 1.92 bits per heavy atom. The lowest BCUT2D eigenvalue weighted by atomic mass is 10.1. The molecular formula is C19H20N2O3. The van der Waals surface area contributed by atoms with Gasteiger partial charge in [-0.05, 0) is 45.4 Å². The summed E-state index contributed by atoms with van der Waals surface area (Å²) in [5.41, 5.74) is 3.17. The van der Waals surface area contributed by atoms with Gasteiger partial charge in [0.15, 0.2) is 5.78 Å². The molecule has 3 rings (SSSR count). The van der Waals surface area contributed by atoms with Gasteiger partial charge < -0.3 is 14.7 Å². The second-order valence-electron chi connectivity index (χ2n) is 6.06. The number of carbonyl (C=O) groups is 2. The Bertz CT molecular complexity index is 900. The van der Waals surface area contributed by atoms with Crippen molar-refractivity contribution in [1.82, 2.24) is 10.3 Å². The molecule has 0 bridgehead atoms. The summed E-state index contributed by atoms with van der Waals surface area (Å²) in [5, 5.41) is 3.92. The van der Waals surface area contributed by atoms with E-state index in [1.54, 1.807) is 13.8 Å². The summed E-state index contributed by atoms with van der Waals surface area (Å²) < 4.78 is 5.78. The van der Waals surface area contributed by atoms with Gasteiger partial charge in [0.1, 0.15) is 17.0 Å². The van der Waals surface area contributed by atoms with Crippen LogP contribution in [0, 0.1) is 13.8 Å². The van der Waals surface area contributed by atoms with E-state index in [-0.39, 0.29) is 17.7 Å². The summed E-state index contributed by atoms with van der Waals surface area (Å²) in [4.78, 5) is 27.3. The molecule has 1 atom stereocenters. The zero-order valence-electron chi connectivity index (χ0n) is 14.2. The van der Waals surface area contributed by atoms with E-state index in [0.717, 1.165) is 11.0 Å². The van der Waals surface area contributed by atoms with Gasteiger partial charge in [-0.1, -0.05) is 18.2 Å². The van der Waals surface area contributed by atoms with Crippen molar-refractivity contribution in [2.75, 3.05) is 0 Å². The van der Waals surface area contributed by atoms with E-state index < -0.39 is 0 Å². The molecular weight excluding hydrogens is 304 g/mol. The van der Waals surface area contributed by atoms with Crippen molar-refractivity contribution in [3.63, 3.8) is 0 Å². The number of aromatic nitrogens is 1. The van der Waals surface area contributed by atoms with Crippen molar-refractivity contribution >= 4 is 22.7 Å². The molecule has 0 aliphatic rings. The quantitative estimate of drug-likeness (QED) is 0.710. The summed E-state index contributed by atoms with van der Waals surface area (Å²) in [7, 11) is 0. The van der Waals surface area contributed by atoms with E-state index in [4.69, 9.17) is 4.42 Å². The summed E-state index contributed by atoms with van der Waals surface area (Å²) in [6.07, 6.45) is 0. The normalized spacial score (nSPS) is 12.3. The number of carbonyl (C=O) groups excluding carboxylic acids is 2. The van der Waals surface area contributed by atoms with Crippen LogP contribution in [0.3, 0.4) is 0 Å². The number of amides is 1. The van der Waals surface area contributed by atoms with E-state index in [2.05, 4.69) is 10.3 Å². The Kier molecular flexibility index (Phi) is 4.01. The van der Waals surface area contributed by atoms with E-state index >= 15 is 0 Å². The molecule has 0 saturated carbocycles. The molecule has 2 aromatic heterocycles. The van der Waals surface area contributed by atoms with E-state index in [9.17, 15) is 9.59 Å². The Morgan fingerprint density at radius 3 is 2.54 bits per heavy atom. The highest BCUT2D eigenvalue weighted by molar-refractivity contribution is 6.02. The molecule has 0 aliphatic carbocycles. The number of rotatable bonds is 4. The number of fused-ring (bicyclic) bond motifs is 1. The van der Waals surface area contributed by atoms with Gasteiger partial charge in [0.2, 0.25) is 0 Å². The minimum atomic E-state index is -0.284. The molecule has 3 aromatic rings. The Labute approximate surface area is 140 Å². The molecule has 0 aliphatic heterocycles. The molecule has 0 spiro atoms. The molecule has 5 heteroatoms. The number of nitrogens with one attached hydrogen (secondary N) is 2. The SMILES string of the molecule is CC(=O)c1c(C)[nH]c(C(=O)NC(C)c2cc3ccccc3o2)c1C. The molecule has 0 fully saturated rings. The largest absolute Gasteiger partial charge is 0.459 e. The highest BCUT2D eigenvalue weighted by Gasteiger charge is 2.22. The number of Topliss-reactive ketones (excluding diaryl/α,β-unsaturated/α-hetero) is 1. The second kappa shape index (κ2) is 6.00. The van der Waals surface area contributed by atoms with Gasteiger partial charge in [-0.3, -0.25) is 9.59 Å². The van der Waals surface area contributed by atoms with Crippen molar-refractivity contribution in [1.29, 1.82) is 0 Å². The summed E-state index contributed by atoms with van der Waals surface area (Å²) in [6, 6.07) is 9.36. The molecule has 0 saturated heterocycles. The monoisotopic (exact) mass is 324 g/mol. The number of hydrogen-bond acceptors (Lipinski definition) is 3. The van der Waals surface area contributed by atoms with Crippen LogP contribution in [0.5, 0.6) is 0 Å². The van der Waals surface area contributed by atoms with Crippen LogP contribution >= 0.6 is 0 Å². The van der Waals surface area contributed by atoms with Gasteiger partial charge in [0.05, 0.1) is 6.04 Å². The third-order valence-corrected chi connectivity index (χ3v) is 4.24. The minimum Gasteiger partial charge on any atom is -0.459 e. The van der Waals surface area contributed by atoms with Gasteiger partial charge in [-0.25, -0.2) is 0 Å². The lowest BCUT2D eigenvalue weighted by Crippen LogP contribution is -2.27. The fourth-order valence-corrected chi connectivity index (χ4v) is 3.06. The van der Waals surface area contributed by atoms with Crippen LogP contribution in [-0.4, -0.2) is 16.7 Å². The van der Waals surface area contributed by atoms with Crippen LogP contribution in [0.4, 0.5) is 0 Å². The standard InChI is InChI=1S/C19H20N2O3/c1-10-17(13(4)22)12(3)20-18(10)19(23)21-11(2)16-9-14-7-5-6-8-15(14)24-16/h5-9,11,20H,1-4H3,(H,21,23). The molecule has 2 N–H and O–H groups in total. The average Bonchev–Trinajstić information content (AvgIpc) is 3.08. The number of ketones is 1. The second-order valence-corrected chi connectivity index (χ2v) is 6.06. The van der Waals surface area contributed by atoms with E-state index in [0.29, 0.717) is 28.3 Å². The van der Waals surface area contributed by atoms with E-state index in [1.807, 2.05) is 37.3 Å². The molecule has 1 unspecified atom stereocenters. The van der Waals surface area contributed by atoms with E-state index in [1.165, 1.54) is 6.92 Å². The van der Waals surface area contributed by atoms with Crippen LogP contribution in [0.15, 0.2) is 34.7 Å². The number of furan rings is 1. The molecule has 2 heterocycles. The highest BCUT2D eigenvalue weighted by atomic mass is 16.3. The maximum absolute atomic E-state index is 12.6. The smallest absolute Gasteiger partial charge is 0.268 e. The third-order valence-electron chi connectivity index (χ3n) is 4.24. The first-order valence-corrected chi connectivity index (χ1v) is 7.88. The van der Waals surface area contributed by atoms with Gasteiger partial charge in [-0.2, -0.15) is 0 Å². The molecule has 1 aromatic carbocycles. The van der Waals surface area contributed by atoms with Crippen molar-refractivity contribution in [2.45, 2.75) is 33.7 Å². The number of aryl methyl sites for hydroxylation is 1. The summed E-state index contributed by atoms with van der Waals surface area (Å²) in [6.45, 7) is 6.94. The fourth-order valence-electron chi connectivity index (χ4n) is 3.06. The fraction of sp³-hybridized carbons (Fsp3) is 0.263. The topological polar surface area (TPSA) is 75.1 Å². The summed E-state index contributed by atoms with van der Waals surface area (Å²) >= 11 is 0. The number of hydrogen-bond donors (Lipinski definition) is 2. The predicted molar refractivity (Wildman–Crippen MR) is 92.4 cm³/mol. The lowest BCUT2D eigenvalue weighted by Gasteiger charge is -2.11. The van der Waals surface area contributed by atoms with Crippen molar-refractivity contribution in [3.05, 3.63) is 58.6 Å². The third kappa shape index (κ3) is 2.73. The number of aromatic amines is 1. The van der Waals surface area contributed by atoms with Crippen molar-refractivity contribution < 1.29 is 14.0 Å². The average molecular weight is 324 g/mol. The van der Waals surface area contributed by atoms with Gasteiger partial charge in [-0.15, -0.1) is 0 Å². The predicted octanol–water partition coefficient (Wildman–Crippen LogP) is 4.07. The van der Waals surface area contributed by atoms with Gasteiger partial charge in [0.25, 0.3) is 5.91 Å². The molecule has 0 radical (unpaired) electrons. The first-order chi connectivity index (χ1) is 11.4. The Morgan fingerprint density at radius 1 is 1.21 bits per heavy atom. The van der Waals surface area contributed by atoms with Gasteiger partial charge >= 0.3 is 0 Å². The highest BCUT2D eigenvalue weighted by Crippen LogP contribution is 2.24. The number of para-hydroxylation sites is 1. The van der Waals surface area contributed by atoms with Crippen LogP contribution in [0.25, 0.3) is 11.0 Å². The zero-order chi connectivity index (χ0) is 17.4. The first kappa shape index (κ1) is 16.1. The Hall–Kier alpha value is -2.82. The molecule has 1 amide bonds. The van der Waals surface area contributed by atoms with Crippen molar-refractivity contribution in [3.8, 4) is 0 Å². The van der Waals surface area contributed by atoms with Crippen LogP contribution in [0.1, 0.15) is 57.8 Å². The number of benzene rings is 1. The molecule has 24 heavy (non-hydrogen) atoms. The molecule has 5 nitrogen and oxygen atoms in total. The Balaban J connectivity index is 1.84. The molecule has 124 valence electrons. The first-order valence-electron chi connectivity index (χ1n) is 7.88. The van der Waals surface area contributed by atoms with Gasteiger partial charge in [0, 0.05) is 16.6 Å². The maximum Gasteiger partial charge on any atom is 0.268 e. The summed E-state index contributed by atoms with van der Waals surface area (Å²) in [5.74, 6) is 0.388. The lowest BCUT2D eigenvalue weighted by molar-refractivity contribution is 0.0930. The van der Waals surface area contributed by atoms with Crippen LogP contribution in [-0.2, 0) is 0 Å². The van der Waals surface area contributed by atoms with Crippen LogP contribution in [0.2, 0.25) is 0 Å². The maximum atomic E-state index is 12.6.